The van der Waals surface area contributed by atoms with Gasteiger partial charge in [0.1, 0.15) is 29.7 Å². The predicted molar refractivity (Wildman–Crippen MR) is 158 cm³/mol. The van der Waals surface area contributed by atoms with Crippen molar-refractivity contribution in [3.8, 4) is 17.2 Å². The second-order valence-electron chi connectivity index (χ2n) is 11.6. The van der Waals surface area contributed by atoms with E-state index in [4.69, 9.17) is 9.47 Å². The Morgan fingerprint density at radius 1 is 1.07 bits per heavy atom. The van der Waals surface area contributed by atoms with Crippen molar-refractivity contribution in [1.29, 1.82) is 0 Å². The summed E-state index contributed by atoms with van der Waals surface area (Å²) in [4.78, 5) is 33.1. The smallest absolute Gasteiger partial charge is 0.257 e. The van der Waals surface area contributed by atoms with Crippen molar-refractivity contribution in [2.45, 2.75) is 71.1 Å². The second kappa shape index (κ2) is 12.2. The van der Waals surface area contributed by atoms with Crippen molar-refractivity contribution < 1.29 is 18.7 Å². The van der Waals surface area contributed by atoms with Crippen LogP contribution in [0.2, 0.25) is 0 Å². The first-order valence-electron chi connectivity index (χ1n) is 15.1. The van der Waals surface area contributed by atoms with Crippen LogP contribution in [-0.4, -0.2) is 75.5 Å². The number of anilines is 1. The lowest BCUT2D eigenvalue weighted by Crippen LogP contribution is -2.39. The number of carbonyl (C=O) groups is 1. The zero-order valence-electron chi connectivity index (χ0n) is 24.6. The van der Waals surface area contributed by atoms with Gasteiger partial charge in [-0.1, -0.05) is 0 Å². The lowest BCUT2D eigenvalue weighted by Gasteiger charge is -2.36. The standard InChI is InChI=1S/C32H39FN6O3/c1-4-39(21(2)3)32(40)24-18-22(33)7-8-27(24)42-29-19-34-20-36-31(29)38-15-10-23(11-16-38)41-28-9-13-35-25-12-17-37-14-5-6-26(37)30(25)28/h7-9,13,18-21,23,26H,4-6,10-12,14-17H2,1-3H3. The Morgan fingerprint density at radius 2 is 1.90 bits per heavy atom. The number of hydrogen-bond donors (Lipinski definition) is 0. The van der Waals surface area contributed by atoms with Crippen molar-refractivity contribution >= 4 is 11.7 Å². The average molecular weight is 575 g/mol. The molecule has 5 heterocycles. The predicted octanol–water partition coefficient (Wildman–Crippen LogP) is 5.41. The van der Waals surface area contributed by atoms with Gasteiger partial charge in [0.05, 0.1) is 17.5 Å². The first kappa shape index (κ1) is 28.3. The van der Waals surface area contributed by atoms with E-state index in [1.54, 1.807) is 11.1 Å². The van der Waals surface area contributed by atoms with Crippen molar-refractivity contribution in [3.63, 3.8) is 0 Å². The molecule has 0 spiro atoms. The number of carbonyl (C=O) groups excluding carboxylic acids is 1. The highest BCUT2D eigenvalue weighted by Gasteiger charge is 2.35. The molecule has 1 atom stereocenters. The van der Waals surface area contributed by atoms with E-state index in [9.17, 15) is 9.18 Å². The van der Waals surface area contributed by atoms with E-state index in [0.717, 1.165) is 51.2 Å². The van der Waals surface area contributed by atoms with Crippen molar-refractivity contribution in [3.05, 3.63) is 65.6 Å². The maximum atomic E-state index is 14.3. The Hall–Kier alpha value is -3.79. The number of halogens is 1. The van der Waals surface area contributed by atoms with Crippen LogP contribution in [0.3, 0.4) is 0 Å². The number of ether oxygens (including phenoxy) is 2. The van der Waals surface area contributed by atoms with Gasteiger partial charge in [0.15, 0.2) is 11.6 Å². The maximum absolute atomic E-state index is 14.3. The summed E-state index contributed by atoms with van der Waals surface area (Å²) in [6, 6.07) is 6.45. The van der Waals surface area contributed by atoms with Crippen LogP contribution in [0.4, 0.5) is 10.2 Å². The number of aromatic nitrogens is 3. The van der Waals surface area contributed by atoms with Gasteiger partial charge < -0.3 is 19.3 Å². The van der Waals surface area contributed by atoms with Gasteiger partial charge in [-0.3, -0.25) is 14.7 Å². The number of piperidine rings is 1. The number of rotatable bonds is 8. The number of hydrogen-bond acceptors (Lipinski definition) is 8. The summed E-state index contributed by atoms with van der Waals surface area (Å²) in [7, 11) is 0. The Kier molecular flexibility index (Phi) is 8.24. The Balaban J connectivity index is 1.16. The average Bonchev–Trinajstić information content (AvgIpc) is 3.48. The minimum atomic E-state index is -0.492. The molecule has 0 bridgehead atoms. The summed E-state index contributed by atoms with van der Waals surface area (Å²) in [6.45, 7) is 9.97. The minimum absolute atomic E-state index is 0.0347. The fourth-order valence-electron chi connectivity index (χ4n) is 6.58. The van der Waals surface area contributed by atoms with Crippen molar-refractivity contribution in [2.75, 3.05) is 37.6 Å². The van der Waals surface area contributed by atoms with E-state index < -0.39 is 5.82 Å². The molecule has 1 unspecified atom stereocenters. The number of benzene rings is 1. The Bertz CT molecular complexity index is 1430. The van der Waals surface area contributed by atoms with Crippen LogP contribution in [0.5, 0.6) is 17.2 Å². The van der Waals surface area contributed by atoms with Gasteiger partial charge in [0, 0.05) is 69.3 Å². The molecule has 9 nitrogen and oxygen atoms in total. The quantitative estimate of drug-likeness (QED) is 0.353. The van der Waals surface area contributed by atoms with E-state index in [1.807, 2.05) is 33.0 Å². The summed E-state index contributed by atoms with van der Waals surface area (Å²) in [6.07, 6.45) is 10.1. The van der Waals surface area contributed by atoms with Gasteiger partial charge in [-0.15, -0.1) is 0 Å². The third-order valence-electron chi connectivity index (χ3n) is 8.68. The first-order chi connectivity index (χ1) is 20.4. The molecule has 2 saturated heterocycles. The number of nitrogens with zero attached hydrogens (tertiary/aromatic N) is 6. The van der Waals surface area contributed by atoms with Crippen LogP contribution >= 0.6 is 0 Å². The van der Waals surface area contributed by atoms with Crippen LogP contribution in [0.15, 0.2) is 43.0 Å². The molecule has 3 aliphatic heterocycles. The van der Waals surface area contributed by atoms with Crippen LogP contribution in [0, 0.1) is 5.82 Å². The molecule has 3 aromatic rings. The molecular formula is C32H39FN6O3. The van der Waals surface area contributed by atoms with E-state index in [-0.39, 0.29) is 29.4 Å². The molecule has 0 aliphatic carbocycles. The monoisotopic (exact) mass is 574 g/mol. The molecule has 222 valence electrons. The molecule has 2 aromatic heterocycles. The maximum Gasteiger partial charge on any atom is 0.257 e. The highest BCUT2D eigenvalue weighted by atomic mass is 19.1. The molecule has 2 fully saturated rings. The van der Waals surface area contributed by atoms with E-state index >= 15 is 0 Å². The third-order valence-corrected chi connectivity index (χ3v) is 8.68. The number of pyridine rings is 1. The van der Waals surface area contributed by atoms with Gasteiger partial charge in [-0.25, -0.2) is 14.4 Å². The molecule has 0 saturated carbocycles. The van der Waals surface area contributed by atoms with Crippen LogP contribution < -0.4 is 14.4 Å². The number of amides is 1. The van der Waals surface area contributed by atoms with Gasteiger partial charge in [0.2, 0.25) is 0 Å². The summed E-state index contributed by atoms with van der Waals surface area (Å²) < 4.78 is 27.1. The highest BCUT2D eigenvalue weighted by Crippen LogP contribution is 2.42. The Morgan fingerprint density at radius 3 is 2.69 bits per heavy atom. The minimum Gasteiger partial charge on any atom is -0.490 e. The topological polar surface area (TPSA) is 83.9 Å². The summed E-state index contributed by atoms with van der Waals surface area (Å²) in [5.74, 6) is 1.56. The normalized spacial score (nSPS) is 19.0. The van der Waals surface area contributed by atoms with Gasteiger partial charge in [0.25, 0.3) is 5.91 Å². The molecule has 1 amide bonds. The number of fused-ring (bicyclic) bond motifs is 3. The highest BCUT2D eigenvalue weighted by molar-refractivity contribution is 5.97. The lowest BCUT2D eigenvalue weighted by molar-refractivity contribution is 0.0713. The molecule has 0 radical (unpaired) electrons. The Labute approximate surface area is 246 Å². The fourth-order valence-corrected chi connectivity index (χ4v) is 6.58. The third kappa shape index (κ3) is 5.64. The van der Waals surface area contributed by atoms with Gasteiger partial charge in [-0.05, 0) is 64.4 Å². The van der Waals surface area contributed by atoms with E-state index in [0.29, 0.717) is 24.2 Å². The molecule has 0 N–H and O–H groups in total. The molecule has 10 heteroatoms. The van der Waals surface area contributed by atoms with E-state index in [2.05, 4.69) is 24.8 Å². The largest absolute Gasteiger partial charge is 0.490 e. The van der Waals surface area contributed by atoms with Crippen LogP contribution in [-0.2, 0) is 6.42 Å². The summed E-state index contributed by atoms with van der Waals surface area (Å²) in [5.41, 5.74) is 2.65. The lowest BCUT2D eigenvalue weighted by atomic mass is 9.96. The summed E-state index contributed by atoms with van der Waals surface area (Å²) in [5, 5.41) is 0. The molecular weight excluding hydrogens is 535 g/mol. The van der Waals surface area contributed by atoms with Gasteiger partial charge in [-0.2, -0.15) is 0 Å². The SMILES string of the molecule is CCN(C(=O)c1cc(F)ccc1Oc1cncnc1N1CCC(Oc2ccnc3c2C2CCCN2CC3)CC1)C(C)C. The second-order valence-corrected chi connectivity index (χ2v) is 11.6. The zero-order chi connectivity index (χ0) is 29.2. The van der Waals surface area contributed by atoms with Crippen molar-refractivity contribution in [2.24, 2.45) is 0 Å². The zero-order valence-corrected chi connectivity index (χ0v) is 24.6. The summed E-state index contributed by atoms with van der Waals surface area (Å²) >= 11 is 0. The molecule has 3 aliphatic rings. The molecule has 6 rings (SSSR count). The van der Waals surface area contributed by atoms with Crippen molar-refractivity contribution in [1.82, 2.24) is 24.8 Å². The molecule has 42 heavy (non-hydrogen) atoms. The van der Waals surface area contributed by atoms with Crippen LogP contribution in [0.25, 0.3) is 0 Å². The van der Waals surface area contributed by atoms with Gasteiger partial charge >= 0.3 is 0 Å². The van der Waals surface area contributed by atoms with Crippen LogP contribution in [0.1, 0.15) is 74.1 Å². The van der Waals surface area contributed by atoms with E-state index in [1.165, 1.54) is 48.6 Å². The molecule has 1 aromatic carbocycles. The fraction of sp³-hybridized carbons (Fsp3) is 0.500. The first-order valence-corrected chi connectivity index (χ1v) is 15.1.